The van der Waals surface area contributed by atoms with Crippen molar-refractivity contribution in [3.05, 3.63) is 11.6 Å². The Bertz CT molecular complexity index is 323. The Balaban J connectivity index is 2.03. The molecule has 0 nitrogen and oxygen atoms in total. The van der Waals surface area contributed by atoms with Gasteiger partial charge in [0.05, 0.1) is 0 Å². The molecule has 4 atom stereocenters. The van der Waals surface area contributed by atoms with Crippen LogP contribution in [0.1, 0.15) is 53.4 Å². The van der Waals surface area contributed by atoms with Crippen molar-refractivity contribution >= 4 is 0 Å². The maximum Gasteiger partial charge on any atom is -0.00544 e. The highest BCUT2D eigenvalue weighted by atomic mass is 14.7. The normalized spacial score (nSPS) is 51.5. The van der Waals surface area contributed by atoms with Crippen LogP contribution in [0.4, 0.5) is 0 Å². The van der Waals surface area contributed by atoms with E-state index in [1.165, 1.54) is 25.7 Å². The van der Waals surface area contributed by atoms with E-state index in [1.54, 1.807) is 0 Å². The van der Waals surface area contributed by atoms with Crippen LogP contribution in [-0.2, 0) is 0 Å². The Morgan fingerprint density at radius 1 is 1.20 bits per heavy atom. The molecule has 3 aliphatic rings. The van der Waals surface area contributed by atoms with Gasteiger partial charge in [0.1, 0.15) is 0 Å². The highest BCUT2D eigenvalue weighted by molar-refractivity contribution is 5.31. The second kappa shape index (κ2) is 2.70. The summed E-state index contributed by atoms with van der Waals surface area (Å²) >= 11 is 0. The Morgan fingerprint density at radius 2 is 1.93 bits per heavy atom. The van der Waals surface area contributed by atoms with Gasteiger partial charge < -0.3 is 0 Å². The summed E-state index contributed by atoms with van der Waals surface area (Å²) in [5.74, 6) is 2.92. The molecular weight excluding hydrogens is 180 g/mol. The van der Waals surface area contributed by atoms with E-state index in [9.17, 15) is 0 Å². The molecule has 84 valence electrons. The molecular formula is C15H24. The smallest absolute Gasteiger partial charge is 0.00544 e. The average molecular weight is 204 g/mol. The van der Waals surface area contributed by atoms with Crippen molar-refractivity contribution in [1.82, 2.24) is 0 Å². The molecule has 3 aliphatic carbocycles. The number of rotatable bonds is 0. The summed E-state index contributed by atoms with van der Waals surface area (Å²) in [6.07, 6.45) is 8.19. The monoisotopic (exact) mass is 204 g/mol. The molecule has 0 aromatic heterocycles. The largest absolute Gasteiger partial charge is 0.0847 e. The minimum atomic E-state index is 0.560. The first kappa shape index (κ1) is 9.93. The van der Waals surface area contributed by atoms with Crippen LogP contribution in [0, 0.1) is 28.6 Å². The van der Waals surface area contributed by atoms with Crippen LogP contribution in [0.3, 0.4) is 0 Å². The fourth-order valence-electron chi connectivity index (χ4n) is 5.01. The maximum absolute atomic E-state index is 2.57. The molecule has 0 spiro atoms. The van der Waals surface area contributed by atoms with Crippen molar-refractivity contribution in [1.29, 1.82) is 0 Å². The molecule has 15 heavy (non-hydrogen) atoms. The van der Waals surface area contributed by atoms with Crippen molar-refractivity contribution in [3.63, 3.8) is 0 Å². The third kappa shape index (κ3) is 1.04. The molecule has 0 N–H and O–H groups in total. The van der Waals surface area contributed by atoms with Gasteiger partial charge in [-0.2, -0.15) is 0 Å². The van der Waals surface area contributed by atoms with E-state index in [1.807, 2.05) is 5.57 Å². The zero-order valence-electron chi connectivity index (χ0n) is 10.6. The van der Waals surface area contributed by atoms with Crippen LogP contribution in [0.2, 0.25) is 0 Å². The molecule has 0 bridgehead atoms. The second-order valence-electron chi connectivity index (χ2n) is 6.93. The number of hydrogen-bond acceptors (Lipinski definition) is 0. The molecule has 2 fully saturated rings. The van der Waals surface area contributed by atoms with Gasteiger partial charge in [-0.1, -0.05) is 39.3 Å². The van der Waals surface area contributed by atoms with Crippen molar-refractivity contribution < 1.29 is 0 Å². The topological polar surface area (TPSA) is 0 Å². The Morgan fingerprint density at radius 3 is 2.67 bits per heavy atom. The molecule has 0 aromatic carbocycles. The van der Waals surface area contributed by atoms with Crippen LogP contribution in [-0.4, -0.2) is 0 Å². The van der Waals surface area contributed by atoms with Crippen LogP contribution < -0.4 is 0 Å². The predicted molar refractivity (Wildman–Crippen MR) is 64.6 cm³/mol. The fourth-order valence-corrected chi connectivity index (χ4v) is 5.01. The lowest BCUT2D eigenvalue weighted by Crippen LogP contribution is -2.36. The fraction of sp³-hybridized carbons (Fsp3) is 0.867. The summed E-state index contributed by atoms with van der Waals surface area (Å²) in [5.41, 5.74) is 3.01. The Kier molecular flexibility index (Phi) is 1.79. The van der Waals surface area contributed by atoms with Gasteiger partial charge in [-0.15, -0.1) is 0 Å². The molecule has 0 saturated heterocycles. The second-order valence-corrected chi connectivity index (χ2v) is 6.93. The van der Waals surface area contributed by atoms with E-state index in [0.29, 0.717) is 10.8 Å². The van der Waals surface area contributed by atoms with Crippen molar-refractivity contribution in [3.8, 4) is 0 Å². The van der Waals surface area contributed by atoms with Crippen molar-refractivity contribution in [2.45, 2.75) is 53.4 Å². The zero-order valence-corrected chi connectivity index (χ0v) is 10.6. The van der Waals surface area contributed by atoms with Crippen LogP contribution in [0.15, 0.2) is 11.6 Å². The minimum Gasteiger partial charge on any atom is -0.0847 e. The summed E-state index contributed by atoms with van der Waals surface area (Å²) in [4.78, 5) is 0. The highest BCUT2D eigenvalue weighted by Crippen LogP contribution is 2.74. The van der Waals surface area contributed by atoms with Gasteiger partial charge in [-0.3, -0.25) is 0 Å². The van der Waals surface area contributed by atoms with Crippen LogP contribution in [0.5, 0.6) is 0 Å². The summed E-state index contributed by atoms with van der Waals surface area (Å²) in [6.45, 7) is 10.0. The predicted octanol–water partition coefficient (Wildman–Crippen LogP) is 4.42. The summed E-state index contributed by atoms with van der Waals surface area (Å²) < 4.78 is 0. The molecule has 0 amide bonds. The molecule has 0 heteroatoms. The third-order valence-corrected chi connectivity index (χ3v) is 6.13. The molecule has 0 unspecified atom stereocenters. The quantitative estimate of drug-likeness (QED) is 0.513. The van der Waals surface area contributed by atoms with Crippen LogP contribution >= 0.6 is 0 Å². The average Bonchev–Trinajstić information content (AvgIpc) is 2.73. The summed E-state index contributed by atoms with van der Waals surface area (Å²) in [7, 11) is 0. The Hall–Kier alpha value is -0.260. The lowest BCUT2D eigenvalue weighted by molar-refractivity contribution is 0.147. The number of hydrogen-bond donors (Lipinski definition) is 0. The lowest BCUT2D eigenvalue weighted by atomic mass is 9.60. The lowest BCUT2D eigenvalue weighted by Gasteiger charge is -2.45. The molecule has 2 saturated carbocycles. The first-order valence-electron chi connectivity index (χ1n) is 6.68. The van der Waals surface area contributed by atoms with Crippen molar-refractivity contribution in [2.24, 2.45) is 28.6 Å². The van der Waals surface area contributed by atoms with E-state index < -0.39 is 0 Å². The number of allylic oxidation sites excluding steroid dienone is 2. The van der Waals surface area contributed by atoms with Crippen LogP contribution in [0.25, 0.3) is 0 Å². The molecule has 0 aromatic rings. The first-order valence-corrected chi connectivity index (χ1v) is 6.68. The van der Waals surface area contributed by atoms with Gasteiger partial charge in [0, 0.05) is 0 Å². The minimum absolute atomic E-state index is 0.560. The third-order valence-electron chi connectivity index (χ3n) is 6.13. The van der Waals surface area contributed by atoms with Gasteiger partial charge in [0.25, 0.3) is 0 Å². The van der Waals surface area contributed by atoms with Gasteiger partial charge in [-0.25, -0.2) is 0 Å². The maximum atomic E-state index is 2.57. The van der Waals surface area contributed by atoms with Gasteiger partial charge >= 0.3 is 0 Å². The van der Waals surface area contributed by atoms with E-state index in [2.05, 4.69) is 33.8 Å². The Labute approximate surface area is 94.1 Å². The SMILES string of the molecule is C[C@@H]1CCC=C2CC[C@H]3[C@H](C3(C)C)[C@]21C. The van der Waals surface area contributed by atoms with Gasteiger partial charge in [0.15, 0.2) is 0 Å². The van der Waals surface area contributed by atoms with E-state index in [4.69, 9.17) is 0 Å². The van der Waals surface area contributed by atoms with Gasteiger partial charge in [-0.05, 0) is 54.3 Å². The summed E-state index contributed by atoms with van der Waals surface area (Å²) in [5, 5.41) is 0. The summed E-state index contributed by atoms with van der Waals surface area (Å²) in [6, 6.07) is 0. The number of fused-ring (bicyclic) bond motifs is 3. The first-order chi connectivity index (χ1) is 6.99. The molecule has 0 aliphatic heterocycles. The molecule has 0 radical (unpaired) electrons. The molecule has 0 heterocycles. The van der Waals surface area contributed by atoms with E-state index >= 15 is 0 Å². The van der Waals surface area contributed by atoms with E-state index in [-0.39, 0.29) is 0 Å². The standard InChI is InChI=1S/C15H24/c1-10-6-5-7-11-8-9-12-13(14(12,2)3)15(10,11)4/h7,10,12-13H,5-6,8-9H2,1-4H3/t10-,12+,13-,15+/m1/s1. The van der Waals surface area contributed by atoms with Crippen molar-refractivity contribution in [2.75, 3.05) is 0 Å². The molecule has 3 rings (SSSR count). The highest BCUT2D eigenvalue weighted by Gasteiger charge is 2.68. The van der Waals surface area contributed by atoms with E-state index in [0.717, 1.165) is 17.8 Å². The zero-order chi connectivity index (χ0) is 10.8. The van der Waals surface area contributed by atoms with Gasteiger partial charge in [0.2, 0.25) is 0 Å².